The van der Waals surface area contributed by atoms with Crippen molar-refractivity contribution >= 4 is 40.6 Å². The number of carbonyl (C=O) groups is 3. The first-order valence-corrected chi connectivity index (χ1v) is 7.79. The number of thioether (sulfide) groups is 1. The molecule has 2 amide bonds. The van der Waals surface area contributed by atoms with Gasteiger partial charge < -0.3 is 9.64 Å². The molecule has 0 saturated carbocycles. The summed E-state index contributed by atoms with van der Waals surface area (Å²) in [5, 5.41) is -0.468. The van der Waals surface area contributed by atoms with Crippen molar-refractivity contribution in [1.29, 1.82) is 0 Å². The molecule has 0 aliphatic carbocycles. The number of imide groups is 1. The highest BCUT2D eigenvalue weighted by Gasteiger charge is 2.41. The fraction of sp³-hybridized carbons (Fsp3) is 0.312. The average Bonchev–Trinajstić information content (AvgIpc) is 2.80. The summed E-state index contributed by atoms with van der Waals surface area (Å²) in [5.74, 6) is -1.10. The van der Waals surface area contributed by atoms with E-state index in [2.05, 4.69) is 4.74 Å². The molecule has 1 aromatic carbocycles. The van der Waals surface area contributed by atoms with Crippen molar-refractivity contribution in [3.63, 3.8) is 0 Å². The monoisotopic (exact) mass is 334 g/mol. The molecule has 1 heterocycles. The van der Waals surface area contributed by atoms with Gasteiger partial charge in [-0.15, -0.1) is 0 Å². The Morgan fingerprint density at radius 2 is 1.87 bits per heavy atom. The molecule has 1 saturated heterocycles. The number of rotatable bonds is 4. The number of esters is 1. The van der Waals surface area contributed by atoms with Crippen LogP contribution in [0, 0.1) is 0 Å². The van der Waals surface area contributed by atoms with Gasteiger partial charge >= 0.3 is 5.97 Å². The zero-order valence-electron chi connectivity index (χ0n) is 13.4. The third kappa shape index (κ3) is 3.56. The maximum atomic E-state index is 12.4. The molecule has 1 aliphatic rings. The molecule has 1 aliphatic heterocycles. The fourth-order valence-electron chi connectivity index (χ4n) is 2.11. The standard InChI is InChI=1S/C16H18N2O4S/c1-10(15(20)22-4)18-14(19)13(23-16(18)21)9-11-5-7-12(8-6-11)17(2)3/h5-10H,1-4H3/b13-9+/t10-/m0/s1. The summed E-state index contributed by atoms with van der Waals surface area (Å²) in [6.45, 7) is 1.47. The summed E-state index contributed by atoms with van der Waals surface area (Å²) >= 11 is 0.824. The number of benzene rings is 1. The van der Waals surface area contributed by atoms with E-state index in [9.17, 15) is 14.4 Å². The highest BCUT2D eigenvalue weighted by molar-refractivity contribution is 8.18. The predicted octanol–water partition coefficient (Wildman–Crippen LogP) is 2.35. The van der Waals surface area contributed by atoms with Crippen molar-refractivity contribution in [3.05, 3.63) is 34.7 Å². The molecular formula is C16H18N2O4S. The quantitative estimate of drug-likeness (QED) is 0.622. The minimum absolute atomic E-state index is 0.295. The average molecular weight is 334 g/mol. The molecule has 1 aromatic rings. The molecule has 122 valence electrons. The van der Waals surface area contributed by atoms with Gasteiger partial charge in [0.1, 0.15) is 6.04 Å². The zero-order valence-corrected chi connectivity index (χ0v) is 14.2. The van der Waals surface area contributed by atoms with Crippen LogP contribution in [0.1, 0.15) is 12.5 Å². The molecule has 0 bridgehead atoms. The van der Waals surface area contributed by atoms with E-state index < -0.39 is 23.2 Å². The van der Waals surface area contributed by atoms with Gasteiger partial charge in [-0.1, -0.05) is 12.1 Å². The molecule has 0 radical (unpaired) electrons. The van der Waals surface area contributed by atoms with Crippen LogP contribution in [0.3, 0.4) is 0 Å². The Morgan fingerprint density at radius 3 is 2.39 bits per heavy atom. The number of carbonyl (C=O) groups excluding carboxylic acids is 3. The van der Waals surface area contributed by atoms with Crippen LogP contribution >= 0.6 is 11.8 Å². The lowest BCUT2D eigenvalue weighted by molar-refractivity contribution is -0.148. The van der Waals surface area contributed by atoms with E-state index in [0.717, 1.165) is 27.9 Å². The van der Waals surface area contributed by atoms with Crippen molar-refractivity contribution in [1.82, 2.24) is 4.90 Å². The molecule has 0 N–H and O–H groups in total. The summed E-state index contributed by atoms with van der Waals surface area (Å²) in [7, 11) is 5.10. The Bertz CT molecular complexity index is 667. The number of methoxy groups -OCH3 is 1. The van der Waals surface area contributed by atoms with E-state index >= 15 is 0 Å². The van der Waals surface area contributed by atoms with E-state index in [1.807, 2.05) is 43.3 Å². The number of amides is 2. The second-order valence-corrected chi connectivity index (χ2v) is 6.23. The van der Waals surface area contributed by atoms with Crippen molar-refractivity contribution in [3.8, 4) is 0 Å². The van der Waals surface area contributed by atoms with Crippen LogP contribution in [-0.2, 0) is 14.3 Å². The molecule has 6 nitrogen and oxygen atoms in total. The number of ether oxygens (including phenoxy) is 1. The predicted molar refractivity (Wildman–Crippen MR) is 90.1 cm³/mol. The lowest BCUT2D eigenvalue weighted by atomic mass is 10.2. The smallest absolute Gasteiger partial charge is 0.328 e. The number of hydrogen-bond donors (Lipinski definition) is 0. The number of nitrogens with zero attached hydrogens (tertiary/aromatic N) is 2. The van der Waals surface area contributed by atoms with Gasteiger partial charge in [0.2, 0.25) is 0 Å². The summed E-state index contributed by atoms with van der Waals surface area (Å²) in [6, 6.07) is 6.65. The first kappa shape index (κ1) is 17.1. The van der Waals surface area contributed by atoms with Crippen LogP contribution in [-0.4, -0.2) is 49.3 Å². The Balaban J connectivity index is 2.23. The first-order valence-electron chi connectivity index (χ1n) is 6.97. The largest absolute Gasteiger partial charge is 0.467 e. The van der Waals surface area contributed by atoms with Gasteiger partial charge in [-0.3, -0.25) is 14.5 Å². The van der Waals surface area contributed by atoms with Crippen LogP contribution in [0.4, 0.5) is 10.5 Å². The van der Waals surface area contributed by atoms with Crippen molar-refractivity contribution in [2.75, 3.05) is 26.1 Å². The summed E-state index contributed by atoms with van der Waals surface area (Å²) in [5.41, 5.74) is 1.85. The Kier molecular flexibility index (Phi) is 5.10. The van der Waals surface area contributed by atoms with Crippen molar-refractivity contribution in [2.24, 2.45) is 0 Å². The highest BCUT2D eigenvalue weighted by Crippen LogP contribution is 2.33. The molecule has 0 aromatic heterocycles. The number of hydrogen-bond acceptors (Lipinski definition) is 6. The minimum atomic E-state index is -0.936. The number of anilines is 1. The summed E-state index contributed by atoms with van der Waals surface area (Å²) < 4.78 is 4.59. The van der Waals surface area contributed by atoms with E-state index in [4.69, 9.17) is 0 Å². The van der Waals surface area contributed by atoms with Gasteiger partial charge in [0.05, 0.1) is 12.0 Å². The molecule has 1 atom stereocenters. The third-order valence-electron chi connectivity index (χ3n) is 3.46. The zero-order chi connectivity index (χ0) is 17.1. The van der Waals surface area contributed by atoms with E-state index in [-0.39, 0.29) is 0 Å². The van der Waals surface area contributed by atoms with Crippen molar-refractivity contribution < 1.29 is 19.1 Å². The van der Waals surface area contributed by atoms with Crippen LogP contribution in [0.2, 0.25) is 0 Å². The second-order valence-electron chi connectivity index (χ2n) is 5.24. The minimum Gasteiger partial charge on any atom is -0.467 e. The maximum Gasteiger partial charge on any atom is 0.328 e. The maximum absolute atomic E-state index is 12.4. The van der Waals surface area contributed by atoms with Crippen molar-refractivity contribution in [2.45, 2.75) is 13.0 Å². The SMILES string of the molecule is COC(=O)[C@H](C)N1C(=O)S/C(=C/c2ccc(N(C)C)cc2)C1=O. The molecule has 7 heteroatoms. The molecule has 23 heavy (non-hydrogen) atoms. The van der Waals surface area contributed by atoms with Gasteiger partial charge in [-0.25, -0.2) is 4.79 Å². The summed E-state index contributed by atoms with van der Waals surface area (Å²) in [6.07, 6.45) is 1.65. The van der Waals surface area contributed by atoms with Crippen LogP contribution in [0.15, 0.2) is 29.2 Å². The van der Waals surface area contributed by atoms with Crippen LogP contribution in [0.25, 0.3) is 6.08 Å². The van der Waals surface area contributed by atoms with Crippen LogP contribution in [0.5, 0.6) is 0 Å². The van der Waals surface area contributed by atoms with E-state index in [0.29, 0.717) is 4.91 Å². The molecular weight excluding hydrogens is 316 g/mol. The molecule has 0 spiro atoms. The lowest BCUT2D eigenvalue weighted by Gasteiger charge is -2.18. The lowest BCUT2D eigenvalue weighted by Crippen LogP contribution is -2.42. The molecule has 2 rings (SSSR count). The Labute approximate surface area is 139 Å². The molecule has 0 unspecified atom stereocenters. The summed E-state index contributed by atoms with van der Waals surface area (Å²) in [4.78, 5) is 39.1. The van der Waals surface area contributed by atoms with E-state index in [1.54, 1.807) is 6.08 Å². The molecule has 1 fully saturated rings. The van der Waals surface area contributed by atoms with Gasteiger partial charge in [0.15, 0.2) is 0 Å². The van der Waals surface area contributed by atoms with Gasteiger partial charge in [0, 0.05) is 19.8 Å². The topological polar surface area (TPSA) is 66.9 Å². The van der Waals surface area contributed by atoms with E-state index in [1.165, 1.54) is 14.0 Å². The fourth-order valence-corrected chi connectivity index (χ4v) is 3.02. The van der Waals surface area contributed by atoms with Gasteiger partial charge in [-0.2, -0.15) is 0 Å². The highest BCUT2D eigenvalue weighted by atomic mass is 32.2. The third-order valence-corrected chi connectivity index (χ3v) is 4.34. The second kappa shape index (κ2) is 6.87. The Morgan fingerprint density at radius 1 is 1.26 bits per heavy atom. The Hall–Kier alpha value is -2.28. The first-order chi connectivity index (χ1) is 10.8. The van der Waals surface area contributed by atoms with Gasteiger partial charge in [0.25, 0.3) is 11.1 Å². The van der Waals surface area contributed by atoms with Gasteiger partial charge in [-0.05, 0) is 42.5 Å². The van der Waals surface area contributed by atoms with Crippen LogP contribution < -0.4 is 4.90 Å². The normalized spacial score (nSPS) is 17.6.